The van der Waals surface area contributed by atoms with Crippen LogP contribution in [0.25, 0.3) is 0 Å². The van der Waals surface area contributed by atoms with E-state index >= 15 is 0 Å². The highest BCUT2D eigenvalue weighted by atomic mass is 19.3. The molecule has 0 atom stereocenters. The van der Waals surface area contributed by atoms with Crippen LogP contribution >= 0.6 is 0 Å². The molecule has 0 aromatic rings. The van der Waals surface area contributed by atoms with E-state index < -0.39 is 11.9 Å². The molecule has 22 heavy (non-hydrogen) atoms. The molecule has 1 aliphatic rings. The number of hydrogen-bond donors (Lipinski definition) is 0. The number of halogens is 3. The molecule has 0 aromatic heterocycles. The van der Waals surface area contributed by atoms with Crippen molar-refractivity contribution in [3.05, 3.63) is 11.9 Å². The fraction of sp³-hybridized carbons (Fsp3) is 0.812. The predicted octanol–water partition coefficient (Wildman–Crippen LogP) is 5.11. The van der Waals surface area contributed by atoms with Gasteiger partial charge in [-0.05, 0) is 6.42 Å². The van der Waals surface area contributed by atoms with Crippen LogP contribution in [0.2, 0.25) is 0 Å². The van der Waals surface area contributed by atoms with Crippen LogP contribution in [0, 0.1) is 0 Å². The zero-order valence-electron chi connectivity index (χ0n) is 13.5. The van der Waals surface area contributed by atoms with E-state index in [1.807, 2.05) is 5.01 Å². The van der Waals surface area contributed by atoms with Crippen molar-refractivity contribution < 1.29 is 13.2 Å². The van der Waals surface area contributed by atoms with Crippen LogP contribution in [0.15, 0.2) is 17.0 Å². The zero-order chi connectivity index (χ0) is 16.2. The molecule has 0 bridgehead atoms. The predicted molar refractivity (Wildman–Crippen MR) is 84.3 cm³/mol. The third-order valence-corrected chi connectivity index (χ3v) is 3.82. The smallest absolute Gasteiger partial charge is 0.301 e. The Morgan fingerprint density at radius 2 is 1.59 bits per heavy atom. The summed E-state index contributed by atoms with van der Waals surface area (Å²) in [5, 5.41) is 6.11. The van der Waals surface area contributed by atoms with Gasteiger partial charge in [0.05, 0.1) is 0 Å². The summed E-state index contributed by atoms with van der Waals surface area (Å²) >= 11 is 0. The molecule has 0 aliphatic carbocycles. The van der Waals surface area contributed by atoms with Crippen molar-refractivity contribution in [1.29, 1.82) is 0 Å². The summed E-state index contributed by atoms with van der Waals surface area (Å²) in [5.41, 5.74) is 0. The summed E-state index contributed by atoms with van der Waals surface area (Å²) in [7, 11) is 0. The number of nitrogens with zero attached hydrogens (tertiary/aromatic N) is 3. The van der Waals surface area contributed by atoms with E-state index in [-0.39, 0.29) is 13.0 Å². The molecule has 0 aromatic carbocycles. The monoisotopic (exact) mass is 319 g/mol. The minimum atomic E-state index is -2.22. The van der Waals surface area contributed by atoms with Gasteiger partial charge >= 0.3 is 6.08 Å². The van der Waals surface area contributed by atoms with Crippen molar-refractivity contribution in [2.24, 2.45) is 5.10 Å². The highest BCUT2D eigenvalue weighted by Gasteiger charge is 2.14. The molecule has 1 heterocycles. The third kappa shape index (κ3) is 8.29. The van der Waals surface area contributed by atoms with Crippen LogP contribution < -0.4 is 0 Å². The maximum atomic E-state index is 12.7. The minimum Gasteiger partial charge on any atom is -0.342 e. The summed E-state index contributed by atoms with van der Waals surface area (Å²) in [6, 6.07) is 0. The average molecular weight is 319 g/mol. The molecular weight excluding hydrogens is 291 g/mol. The molecule has 1 aliphatic heterocycles. The fourth-order valence-corrected chi connectivity index (χ4v) is 2.45. The molecular formula is C16H28F3N3. The first-order valence-electron chi connectivity index (χ1n) is 8.36. The lowest BCUT2D eigenvalue weighted by atomic mass is 10.1. The molecule has 0 amide bonds. The first kappa shape index (κ1) is 18.8. The Balaban J connectivity index is 1.99. The van der Waals surface area contributed by atoms with Gasteiger partial charge in [-0.25, -0.2) is 4.39 Å². The normalized spacial score (nSPS) is 14.0. The van der Waals surface area contributed by atoms with Crippen LogP contribution in [-0.2, 0) is 0 Å². The second-order valence-corrected chi connectivity index (χ2v) is 5.80. The summed E-state index contributed by atoms with van der Waals surface area (Å²) in [6.07, 6.45) is 9.25. The Labute approximate surface area is 131 Å². The number of hydrogen-bond acceptors (Lipinski definition) is 3. The van der Waals surface area contributed by atoms with E-state index in [0.29, 0.717) is 6.67 Å². The maximum absolute atomic E-state index is 12.7. The molecule has 0 saturated carbocycles. The minimum absolute atomic E-state index is 0.237. The second kappa shape index (κ2) is 11.4. The first-order chi connectivity index (χ1) is 10.6. The molecule has 128 valence electrons. The lowest BCUT2D eigenvalue weighted by molar-refractivity contribution is 0.228. The van der Waals surface area contributed by atoms with Crippen LogP contribution in [-0.4, -0.2) is 36.0 Å². The van der Waals surface area contributed by atoms with Gasteiger partial charge in [0.15, 0.2) is 5.83 Å². The molecule has 0 spiro atoms. The van der Waals surface area contributed by atoms with Gasteiger partial charge in [-0.15, -0.1) is 0 Å². The Morgan fingerprint density at radius 3 is 2.23 bits per heavy atom. The van der Waals surface area contributed by atoms with E-state index in [0.717, 1.165) is 13.0 Å². The molecule has 0 N–H and O–H groups in total. The third-order valence-electron chi connectivity index (χ3n) is 3.82. The molecule has 0 radical (unpaired) electrons. The van der Waals surface area contributed by atoms with Gasteiger partial charge in [-0.2, -0.15) is 13.9 Å². The van der Waals surface area contributed by atoms with Crippen molar-refractivity contribution in [3.8, 4) is 0 Å². The van der Waals surface area contributed by atoms with E-state index in [1.54, 1.807) is 11.2 Å². The van der Waals surface area contributed by atoms with Gasteiger partial charge in [0.1, 0.15) is 13.0 Å². The zero-order valence-corrected chi connectivity index (χ0v) is 13.5. The van der Waals surface area contributed by atoms with Crippen LogP contribution in [0.5, 0.6) is 0 Å². The Hall–Kier alpha value is -1.20. The van der Waals surface area contributed by atoms with E-state index in [9.17, 15) is 13.2 Å². The second-order valence-electron chi connectivity index (χ2n) is 5.80. The highest BCUT2D eigenvalue weighted by molar-refractivity contribution is 5.56. The standard InChI is InChI=1S/C16H28F3N3/c1-2-3-4-5-6-7-8-9-11-22-14-21(13-20-22)12-10-15(17)16(18)19/h13H,2-12,14H2,1H3. The topological polar surface area (TPSA) is 18.8 Å². The van der Waals surface area contributed by atoms with Gasteiger partial charge in [-0.1, -0.05) is 51.9 Å². The molecule has 1 rings (SSSR count). The molecule has 3 nitrogen and oxygen atoms in total. The van der Waals surface area contributed by atoms with Crippen molar-refractivity contribution in [2.75, 3.05) is 19.8 Å². The van der Waals surface area contributed by atoms with Crippen LogP contribution in [0.1, 0.15) is 64.7 Å². The SMILES string of the molecule is CCCCCCCCCCN1CN(CCC(F)=C(F)F)C=N1. The lowest BCUT2D eigenvalue weighted by Crippen LogP contribution is -2.28. The molecule has 0 fully saturated rings. The Morgan fingerprint density at radius 1 is 0.955 bits per heavy atom. The number of unbranched alkanes of at least 4 members (excludes halogenated alkanes) is 7. The Bertz CT molecular complexity index is 355. The van der Waals surface area contributed by atoms with E-state index in [2.05, 4.69) is 12.0 Å². The van der Waals surface area contributed by atoms with Crippen molar-refractivity contribution >= 4 is 6.34 Å². The van der Waals surface area contributed by atoms with E-state index in [1.165, 1.54) is 44.9 Å². The molecule has 0 saturated heterocycles. The van der Waals surface area contributed by atoms with Crippen molar-refractivity contribution in [2.45, 2.75) is 64.7 Å². The van der Waals surface area contributed by atoms with Crippen LogP contribution in [0.3, 0.4) is 0 Å². The maximum Gasteiger partial charge on any atom is 0.301 e. The average Bonchev–Trinajstić information content (AvgIpc) is 2.95. The largest absolute Gasteiger partial charge is 0.342 e. The van der Waals surface area contributed by atoms with Gasteiger partial charge in [-0.3, -0.25) is 5.01 Å². The summed E-state index contributed by atoms with van der Waals surface area (Å²) < 4.78 is 36.6. The number of rotatable bonds is 12. The summed E-state index contributed by atoms with van der Waals surface area (Å²) in [6.45, 7) is 3.90. The molecule has 0 unspecified atom stereocenters. The van der Waals surface area contributed by atoms with Crippen molar-refractivity contribution in [1.82, 2.24) is 9.91 Å². The van der Waals surface area contributed by atoms with Crippen molar-refractivity contribution in [3.63, 3.8) is 0 Å². The highest BCUT2D eigenvalue weighted by Crippen LogP contribution is 2.15. The van der Waals surface area contributed by atoms with E-state index in [4.69, 9.17) is 0 Å². The molecule has 6 heteroatoms. The Kier molecular flexibility index (Phi) is 9.75. The quantitative estimate of drug-likeness (QED) is 0.465. The fourth-order valence-electron chi connectivity index (χ4n) is 2.45. The number of hydrazone groups is 1. The first-order valence-corrected chi connectivity index (χ1v) is 8.36. The summed E-state index contributed by atoms with van der Waals surface area (Å²) in [5.74, 6) is -1.32. The summed E-state index contributed by atoms with van der Waals surface area (Å²) in [4.78, 5) is 1.76. The lowest BCUT2D eigenvalue weighted by Gasteiger charge is -2.18. The van der Waals surface area contributed by atoms with Gasteiger partial charge in [0.25, 0.3) is 0 Å². The van der Waals surface area contributed by atoms with Crippen LogP contribution in [0.4, 0.5) is 13.2 Å². The van der Waals surface area contributed by atoms with Gasteiger partial charge < -0.3 is 4.90 Å². The van der Waals surface area contributed by atoms with Gasteiger partial charge in [0.2, 0.25) is 0 Å². The van der Waals surface area contributed by atoms with Gasteiger partial charge in [0, 0.05) is 19.5 Å².